The molecular formula is C20H26N4O2S. The molecule has 27 heavy (non-hydrogen) atoms. The second-order valence-electron chi connectivity index (χ2n) is 8.33. The van der Waals surface area contributed by atoms with Crippen LogP contribution in [0, 0.1) is 0 Å². The van der Waals surface area contributed by atoms with Gasteiger partial charge in [0.1, 0.15) is 11.4 Å². The van der Waals surface area contributed by atoms with Gasteiger partial charge in [-0.2, -0.15) is 0 Å². The van der Waals surface area contributed by atoms with Gasteiger partial charge in [0.2, 0.25) is 0 Å². The standard InChI is InChI=1S/C20H26N4O2S/c1-20(2,3)24-11-10-17(22-24)27(26)23-19(25)21-18-15-8-4-6-13(15)12-14-7-5-9-16(14)18/h10-12H,4-9H2,1-3H3,(H2,21,23,25). The molecule has 0 saturated carbocycles. The lowest BCUT2D eigenvalue weighted by atomic mass is 9.99. The van der Waals surface area contributed by atoms with Gasteiger partial charge in [-0.3, -0.25) is 4.68 Å². The molecule has 2 aliphatic rings. The van der Waals surface area contributed by atoms with E-state index in [0.717, 1.165) is 44.2 Å². The molecule has 1 aromatic carbocycles. The quantitative estimate of drug-likeness (QED) is 0.793. The summed E-state index contributed by atoms with van der Waals surface area (Å²) in [4.78, 5) is 12.5. The van der Waals surface area contributed by atoms with Crippen LogP contribution in [0.2, 0.25) is 0 Å². The summed E-state index contributed by atoms with van der Waals surface area (Å²) in [5.41, 5.74) is 5.98. The number of urea groups is 1. The monoisotopic (exact) mass is 386 g/mol. The fraction of sp³-hybridized carbons (Fsp3) is 0.500. The van der Waals surface area contributed by atoms with Crippen LogP contribution in [0.5, 0.6) is 0 Å². The summed E-state index contributed by atoms with van der Waals surface area (Å²) in [7, 11) is 0. The Hall–Kier alpha value is -1.99. The van der Waals surface area contributed by atoms with Crippen molar-refractivity contribution >= 4 is 23.1 Å². The molecule has 0 radical (unpaired) electrons. The van der Waals surface area contributed by atoms with E-state index < -0.39 is 17.4 Å². The number of aromatic nitrogens is 2. The highest BCUT2D eigenvalue weighted by molar-refractivity contribution is 7.90. The van der Waals surface area contributed by atoms with Crippen molar-refractivity contribution in [3.63, 3.8) is 0 Å². The first-order valence-corrected chi connectivity index (χ1v) is 10.7. The molecule has 7 heteroatoms. The third-order valence-electron chi connectivity index (χ3n) is 5.34. The van der Waals surface area contributed by atoms with Crippen molar-refractivity contribution in [2.24, 2.45) is 0 Å². The predicted molar refractivity (Wildman–Crippen MR) is 106 cm³/mol. The van der Waals surface area contributed by atoms with E-state index in [0.29, 0.717) is 5.03 Å². The third-order valence-corrected chi connectivity index (χ3v) is 6.31. The van der Waals surface area contributed by atoms with Gasteiger partial charge in [0, 0.05) is 18.0 Å². The van der Waals surface area contributed by atoms with Crippen molar-refractivity contribution < 1.29 is 9.35 Å². The fourth-order valence-corrected chi connectivity index (χ4v) is 4.69. The van der Waals surface area contributed by atoms with Crippen molar-refractivity contribution in [2.45, 2.75) is 69.9 Å². The van der Waals surface area contributed by atoms with Crippen LogP contribution in [0.3, 0.4) is 0 Å². The van der Waals surface area contributed by atoms with Crippen LogP contribution in [0.15, 0.2) is 23.4 Å². The lowest BCUT2D eigenvalue weighted by Crippen LogP contribution is -2.35. The van der Waals surface area contributed by atoms with Crippen molar-refractivity contribution in [3.05, 3.63) is 40.6 Å². The third kappa shape index (κ3) is 3.58. The fourth-order valence-electron chi connectivity index (χ4n) is 4.02. The first-order valence-electron chi connectivity index (χ1n) is 9.55. The molecule has 1 atom stereocenters. The number of rotatable bonds is 3. The van der Waals surface area contributed by atoms with Crippen molar-refractivity contribution in [1.29, 1.82) is 0 Å². The molecule has 2 aromatic rings. The van der Waals surface area contributed by atoms with Crippen LogP contribution in [0.1, 0.15) is 55.9 Å². The van der Waals surface area contributed by atoms with Gasteiger partial charge >= 0.3 is 6.03 Å². The second kappa shape index (κ2) is 6.87. The Morgan fingerprint density at radius 3 is 2.33 bits per heavy atom. The van der Waals surface area contributed by atoms with Gasteiger partial charge in [0.15, 0.2) is 0 Å². The van der Waals surface area contributed by atoms with Crippen LogP contribution in [-0.4, -0.2) is 20.4 Å². The van der Waals surface area contributed by atoms with E-state index in [4.69, 9.17) is 0 Å². The molecule has 0 bridgehead atoms. The van der Waals surface area contributed by atoms with Gasteiger partial charge in [0.25, 0.3) is 5.03 Å². The Labute approximate surface area is 163 Å². The van der Waals surface area contributed by atoms with Crippen LogP contribution in [-0.2, 0) is 42.6 Å². The molecule has 0 saturated heterocycles. The number of carbonyl (C=O) groups excluding carboxylic acids is 1. The molecule has 1 heterocycles. The van der Waals surface area contributed by atoms with Crippen molar-refractivity contribution in [1.82, 2.24) is 14.5 Å². The minimum atomic E-state index is -1.69. The minimum absolute atomic E-state index is 0.199. The molecule has 0 aliphatic heterocycles. The smallest absolute Gasteiger partial charge is 0.361 e. The Bertz CT molecular complexity index is 853. The molecule has 6 nitrogen and oxygen atoms in total. The van der Waals surface area contributed by atoms with Gasteiger partial charge in [-0.1, -0.05) is 6.07 Å². The molecule has 1 unspecified atom stereocenters. The SMILES string of the molecule is CC(C)(C)n1ccc([S+]([O-])NC(=O)Nc2c3c(cc4c2CCC4)CCC3)n1. The number of carbonyl (C=O) groups is 1. The number of nitrogens with one attached hydrogen (secondary N) is 2. The number of amides is 2. The van der Waals surface area contributed by atoms with Gasteiger partial charge in [-0.25, -0.2) is 4.79 Å². The zero-order valence-corrected chi connectivity index (χ0v) is 16.9. The molecule has 0 fully saturated rings. The highest BCUT2D eigenvalue weighted by atomic mass is 32.2. The number of fused-ring (bicyclic) bond motifs is 2. The van der Waals surface area contributed by atoms with Crippen LogP contribution in [0.25, 0.3) is 0 Å². The molecule has 1 aromatic heterocycles. The summed E-state index contributed by atoms with van der Waals surface area (Å²) in [6, 6.07) is 3.57. The van der Waals surface area contributed by atoms with Crippen LogP contribution >= 0.6 is 0 Å². The Kier molecular flexibility index (Phi) is 4.68. The molecule has 4 rings (SSSR count). The van der Waals surface area contributed by atoms with E-state index in [-0.39, 0.29) is 5.54 Å². The summed E-state index contributed by atoms with van der Waals surface area (Å²) in [6.07, 6.45) is 8.19. The topological polar surface area (TPSA) is 82.0 Å². The summed E-state index contributed by atoms with van der Waals surface area (Å²) in [6.45, 7) is 6.05. The van der Waals surface area contributed by atoms with Gasteiger partial charge < -0.3 is 9.87 Å². The largest absolute Gasteiger partial charge is 0.586 e. The molecule has 2 aliphatic carbocycles. The molecular weight excluding hydrogens is 360 g/mol. The molecule has 144 valence electrons. The van der Waals surface area contributed by atoms with E-state index in [9.17, 15) is 9.35 Å². The summed E-state index contributed by atoms with van der Waals surface area (Å²) in [5, 5.41) is 7.68. The van der Waals surface area contributed by atoms with Crippen LogP contribution in [0.4, 0.5) is 10.5 Å². The number of hydrogen-bond acceptors (Lipinski definition) is 3. The van der Waals surface area contributed by atoms with Crippen molar-refractivity contribution in [2.75, 3.05) is 5.32 Å². The predicted octanol–water partition coefficient (Wildman–Crippen LogP) is 3.46. The highest BCUT2D eigenvalue weighted by Crippen LogP contribution is 2.38. The Balaban J connectivity index is 1.50. The first kappa shape index (κ1) is 18.4. The Morgan fingerprint density at radius 1 is 1.15 bits per heavy atom. The van der Waals surface area contributed by atoms with Gasteiger partial charge in [-0.05, 0) is 81.5 Å². The van der Waals surface area contributed by atoms with E-state index >= 15 is 0 Å². The zero-order valence-electron chi connectivity index (χ0n) is 16.1. The number of nitrogens with zero attached hydrogens (tertiary/aromatic N) is 2. The highest BCUT2D eigenvalue weighted by Gasteiger charge is 2.27. The molecule has 2 N–H and O–H groups in total. The van der Waals surface area contributed by atoms with E-state index in [1.807, 2.05) is 20.8 Å². The Morgan fingerprint density at radius 2 is 1.78 bits per heavy atom. The maximum absolute atomic E-state index is 12.5. The number of hydrogen-bond donors (Lipinski definition) is 2. The average molecular weight is 387 g/mol. The number of anilines is 1. The minimum Gasteiger partial charge on any atom is -0.586 e. The number of aryl methyl sites for hydroxylation is 2. The maximum atomic E-state index is 12.5. The molecule has 2 amide bonds. The van der Waals surface area contributed by atoms with E-state index in [2.05, 4.69) is 21.2 Å². The number of benzene rings is 1. The summed E-state index contributed by atoms with van der Waals surface area (Å²) >= 11 is -1.69. The van der Waals surface area contributed by atoms with E-state index in [1.54, 1.807) is 16.9 Å². The van der Waals surface area contributed by atoms with E-state index in [1.165, 1.54) is 22.3 Å². The second-order valence-corrected chi connectivity index (χ2v) is 9.49. The van der Waals surface area contributed by atoms with Crippen LogP contribution < -0.4 is 10.0 Å². The average Bonchev–Trinajstić information content (AvgIpc) is 3.33. The lowest BCUT2D eigenvalue weighted by Gasteiger charge is -2.18. The zero-order chi connectivity index (χ0) is 19.2. The first-order chi connectivity index (χ1) is 12.8. The lowest BCUT2D eigenvalue weighted by molar-refractivity contribution is 0.256. The van der Waals surface area contributed by atoms with Crippen molar-refractivity contribution in [3.8, 4) is 0 Å². The van der Waals surface area contributed by atoms with Gasteiger partial charge in [-0.15, -0.1) is 9.82 Å². The summed E-state index contributed by atoms with van der Waals surface area (Å²) < 4.78 is 16.8. The van der Waals surface area contributed by atoms with Gasteiger partial charge in [0.05, 0.1) is 5.54 Å². The molecule has 0 spiro atoms. The maximum Gasteiger partial charge on any atom is 0.361 e. The normalized spacial score (nSPS) is 16.7. The summed E-state index contributed by atoms with van der Waals surface area (Å²) in [5.74, 6) is 0.